The number of rotatable bonds is 8. The van der Waals surface area contributed by atoms with Gasteiger partial charge in [0.25, 0.3) is 0 Å². The van der Waals surface area contributed by atoms with Gasteiger partial charge in [0.15, 0.2) is 0 Å². The zero-order valence-corrected chi connectivity index (χ0v) is 11.4. The molecular formula is C10H19N3OS2. The van der Waals surface area contributed by atoms with Crippen molar-refractivity contribution in [3.8, 4) is 0 Å². The van der Waals surface area contributed by atoms with Crippen LogP contribution < -0.4 is 5.32 Å². The molecular weight excluding hydrogens is 242 g/mol. The van der Waals surface area contributed by atoms with Crippen molar-refractivity contribution in [1.29, 1.82) is 0 Å². The zero-order valence-electron chi connectivity index (χ0n) is 9.77. The number of aliphatic hydroxyl groups is 1. The Morgan fingerprint density at radius 1 is 1.50 bits per heavy atom. The fraction of sp³-hybridized carbons (Fsp3) is 0.800. The molecule has 0 amide bonds. The first-order chi connectivity index (χ1) is 7.76. The highest BCUT2D eigenvalue weighted by Gasteiger charge is 2.06. The van der Waals surface area contributed by atoms with E-state index in [0.717, 1.165) is 35.3 Å². The normalized spacial score (nSPS) is 12.7. The predicted molar refractivity (Wildman–Crippen MR) is 71.1 cm³/mol. The fourth-order valence-corrected chi connectivity index (χ4v) is 2.85. The average molecular weight is 261 g/mol. The van der Waals surface area contributed by atoms with Gasteiger partial charge >= 0.3 is 0 Å². The second-order valence-corrected chi connectivity index (χ2v) is 6.05. The Hall–Kier alpha value is -0.330. The molecule has 0 bridgehead atoms. The molecule has 92 valence electrons. The summed E-state index contributed by atoms with van der Waals surface area (Å²) in [6.07, 6.45) is 1.93. The second kappa shape index (κ2) is 7.86. The Morgan fingerprint density at radius 2 is 2.31 bits per heavy atom. The van der Waals surface area contributed by atoms with E-state index in [1.165, 1.54) is 0 Å². The smallest absolute Gasteiger partial charge is 0.205 e. The van der Waals surface area contributed by atoms with Gasteiger partial charge in [-0.2, -0.15) is 11.8 Å². The van der Waals surface area contributed by atoms with Crippen molar-refractivity contribution in [3.05, 3.63) is 5.01 Å². The first-order valence-electron chi connectivity index (χ1n) is 5.55. The molecule has 1 aromatic heterocycles. The van der Waals surface area contributed by atoms with Crippen molar-refractivity contribution in [2.75, 3.05) is 18.5 Å². The van der Waals surface area contributed by atoms with Crippen LogP contribution in [0.1, 0.15) is 31.7 Å². The summed E-state index contributed by atoms with van der Waals surface area (Å²) in [5.41, 5.74) is 0. The topological polar surface area (TPSA) is 58.0 Å². The maximum absolute atomic E-state index is 8.79. The van der Waals surface area contributed by atoms with Gasteiger partial charge in [0.2, 0.25) is 5.13 Å². The first-order valence-corrected chi connectivity index (χ1v) is 7.41. The monoisotopic (exact) mass is 261 g/mol. The largest absolute Gasteiger partial charge is 0.396 e. The van der Waals surface area contributed by atoms with E-state index in [2.05, 4.69) is 29.4 Å². The number of thioether (sulfide) groups is 1. The van der Waals surface area contributed by atoms with Crippen molar-refractivity contribution >= 4 is 28.2 Å². The minimum absolute atomic E-state index is 0.258. The first kappa shape index (κ1) is 13.7. The van der Waals surface area contributed by atoms with E-state index in [1.807, 2.05) is 11.8 Å². The van der Waals surface area contributed by atoms with Crippen LogP contribution in [0.3, 0.4) is 0 Å². The summed E-state index contributed by atoms with van der Waals surface area (Å²) >= 11 is 3.43. The van der Waals surface area contributed by atoms with Gasteiger partial charge in [-0.3, -0.25) is 0 Å². The molecule has 1 heterocycles. The van der Waals surface area contributed by atoms with Crippen molar-refractivity contribution in [1.82, 2.24) is 10.2 Å². The van der Waals surface area contributed by atoms with Crippen molar-refractivity contribution in [2.45, 2.75) is 37.7 Å². The standard InChI is InChI=1S/C10H19N3OS2/c1-3-5-11-10-13-12-9(16-10)7-15-8(2)4-6-14/h8,14H,3-7H2,1-2H3,(H,11,13). The summed E-state index contributed by atoms with van der Waals surface area (Å²) in [5.74, 6) is 0.882. The molecule has 6 heteroatoms. The molecule has 0 aromatic carbocycles. The Kier molecular flexibility index (Phi) is 6.75. The molecule has 0 aliphatic carbocycles. The summed E-state index contributed by atoms with van der Waals surface area (Å²) in [5, 5.41) is 22.6. The number of hydrogen-bond donors (Lipinski definition) is 2. The van der Waals surface area contributed by atoms with Crippen LogP contribution in [0, 0.1) is 0 Å². The Bertz CT molecular complexity index is 293. The quantitative estimate of drug-likeness (QED) is 0.752. The van der Waals surface area contributed by atoms with Gasteiger partial charge in [-0.1, -0.05) is 25.2 Å². The van der Waals surface area contributed by atoms with Crippen LogP contribution in [0.15, 0.2) is 0 Å². The van der Waals surface area contributed by atoms with Crippen molar-refractivity contribution < 1.29 is 5.11 Å². The van der Waals surface area contributed by atoms with Crippen LogP contribution in [-0.2, 0) is 5.75 Å². The lowest BCUT2D eigenvalue weighted by molar-refractivity contribution is 0.289. The van der Waals surface area contributed by atoms with E-state index in [1.54, 1.807) is 11.3 Å². The third-order valence-corrected chi connectivity index (χ3v) is 4.33. The number of aliphatic hydroxyl groups excluding tert-OH is 1. The molecule has 0 fully saturated rings. The van der Waals surface area contributed by atoms with Gasteiger partial charge in [0.1, 0.15) is 5.01 Å². The fourth-order valence-electron chi connectivity index (χ4n) is 1.09. The average Bonchev–Trinajstić information content (AvgIpc) is 2.72. The van der Waals surface area contributed by atoms with Gasteiger partial charge in [-0.15, -0.1) is 10.2 Å². The van der Waals surface area contributed by atoms with E-state index in [0.29, 0.717) is 5.25 Å². The van der Waals surface area contributed by atoms with Crippen LogP contribution in [0.5, 0.6) is 0 Å². The van der Waals surface area contributed by atoms with Gasteiger partial charge < -0.3 is 10.4 Å². The molecule has 0 spiro atoms. The maximum atomic E-state index is 8.79. The minimum atomic E-state index is 0.258. The molecule has 0 aliphatic rings. The van der Waals surface area contributed by atoms with Gasteiger partial charge in [0.05, 0.1) is 0 Å². The van der Waals surface area contributed by atoms with Gasteiger partial charge in [-0.25, -0.2) is 0 Å². The third kappa shape index (κ3) is 5.14. The summed E-state index contributed by atoms with van der Waals surface area (Å²) in [7, 11) is 0. The highest BCUT2D eigenvalue weighted by atomic mass is 32.2. The Morgan fingerprint density at radius 3 is 3.00 bits per heavy atom. The predicted octanol–water partition coefficient (Wildman–Crippen LogP) is 2.36. The summed E-state index contributed by atoms with van der Waals surface area (Å²) in [4.78, 5) is 0. The summed E-state index contributed by atoms with van der Waals surface area (Å²) in [6.45, 7) is 5.45. The van der Waals surface area contributed by atoms with Crippen LogP contribution in [0.25, 0.3) is 0 Å². The molecule has 1 unspecified atom stereocenters. The van der Waals surface area contributed by atoms with Crippen LogP contribution in [0.4, 0.5) is 5.13 Å². The highest BCUT2D eigenvalue weighted by Crippen LogP contribution is 2.23. The van der Waals surface area contributed by atoms with Crippen LogP contribution in [-0.4, -0.2) is 33.7 Å². The van der Waals surface area contributed by atoms with Crippen LogP contribution in [0.2, 0.25) is 0 Å². The number of aromatic nitrogens is 2. The van der Waals surface area contributed by atoms with Gasteiger partial charge in [-0.05, 0) is 12.8 Å². The zero-order chi connectivity index (χ0) is 11.8. The van der Waals surface area contributed by atoms with E-state index in [9.17, 15) is 0 Å². The minimum Gasteiger partial charge on any atom is -0.396 e. The number of nitrogens with zero attached hydrogens (tertiary/aromatic N) is 2. The van der Waals surface area contributed by atoms with Gasteiger partial charge in [0, 0.05) is 24.2 Å². The molecule has 1 atom stereocenters. The Balaban J connectivity index is 2.28. The maximum Gasteiger partial charge on any atom is 0.205 e. The molecule has 0 saturated heterocycles. The Labute approximate surface area is 105 Å². The van der Waals surface area contributed by atoms with Crippen molar-refractivity contribution in [3.63, 3.8) is 0 Å². The van der Waals surface area contributed by atoms with Crippen LogP contribution >= 0.6 is 23.1 Å². The molecule has 0 saturated carbocycles. The number of anilines is 1. The van der Waals surface area contributed by atoms with E-state index in [-0.39, 0.29) is 6.61 Å². The van der Waals surface area contributed by atoms with E-state index in [4.69, 9.17) is 5.11 Å². The molecule has 16 heavy (non-hydrogen) atoms. The lowest BCUT2D eigenvalue weighted by Crippen LogP contribution is -1.99. The number of nitrogens with one attached hydrogen (secondary N) is 1. The van der Waals surface area contributed by atoms with E-state index >= 15 is 0 Å². The summed E-state index contributed by atoms with van der Waals surface area (Å²) in [6, 6.07) is 0. The molecule has 0 aliphatic heterocycles. The highest BCUT2D eigenvalue weighted by molar-refractivity contribution is 7.99. The lowest BCUT2D eigenvalue weighted by atomic mass is 10.3. The van der Waals surface area contributed by atoms with Crippen molar-refractivity contribution in [2.24, 2.45) is 0 Å². The molecule has 2 N–H and O–H groups in total. The lowest BCUT2D eigenvalue weighted by Gasteiger charge is -2.06. The van der Waals surface area contributed by atoms with E-state index < -0.39 is 0 Å². The molecule has 0 radical (unpaired) electrons. The third-order valence-electron chi connectivity index (χ3n) is 2.02. The molecule has 1 aromatic rings. The molecule has 4 nitrogen and oxygen atoms in total. The molecule has 1 rings (SSSR count). The second-order valence-electron chi connectivity index (χ2n) is 3.56. The summed E-state index contributed by atoms with van der Waals surface area (Å²) < 4.78 is 0. The SMILES string of the molecule is CCCNc1nnc(CSC(C)CCO)s1. The number of hydrogen-bond acceptors (Lipinski definition) is 6.